The SMILES string of the molecule is C[C@H](CSSCC(NC(=O)C1=CN(C)C=CC1)C(=O)O)NC(=O)C1=CN(C)C=CC1. The number of nitrogens with zero attached hydrogens (tertiary/aromatic N) is 2. The first-order valence-electron chi connectivity index (χ1n) is 9.53. The molecule has 0 aliphatic carbocycles. The van der Waals surface area contributed by atoms with Crippen molar-refractivity contribution in [3.63, 3.8) is 0 Å². The van der Waals surface area contributed by atoms with E-state index in [4.69, 9.17) is 0 Å². The summed E-state index contributed by atoms with van der Waals surface area (Å²) >= 11 is 0. The van der Waals surface area contributed by atoms with Crippen molar-refractivity contribution in [2.24, 2.45) is 0 Å². The molecule has 0 aromatic heterocycles. The summed E-state index contributed by atoms with van der Waals surface area (Å²) in [6.07, 6.45) is 12.1. The van der Waals surface area contributed by atoms with Gasteiger partial charge in [-0.05, 0) is 32.2 Å². The third-order valence-electron chi connectivity index (χ3n) is 4.28. The first-order chi connectivity index (χ1) is 14.3. The van der Waals surface area contributed by atoms with Gasteiger partial charge in [0, 0.05) is 55.2 Å². The van der Waals surface area contributed by atoms with Crippen LogP contribution in [0.5, 0.6) is 0 Å². The van der Waals surface area contributed by atoms with Crippen LogP contribution in [0.4, 0.5) is 0 Å². The van der Waals surface area contributed by atoms with Crippen LogP contribution in [-0.2, 0) is 14.4 Å². The van der Waals surface area contributed by atoms with E-state index < -0.39 is 12.0 Å². The molecule has 0 aromatic rings. The van der Waals surface area contributed by atoms with Crippen molar-refractivity contribution in [1.82, 2.24) is 20.4 Å². The monoisotopic (exact) mass is 452 g/mol. The van der Waals surface area contributed by atoms with Crippen molar-refractivity contribution in [2.75, 3.05) is 25.6 Å². The standard InChI is InChI=1S/C20H28N4O4S2/c1-14(21-18(25)15-6-4-8-23(2)10-15)12-29-30-13-17(20(27)28)22-19(26)16-7-5-9-24(3)11-16/h4-5,8-11,14,17H,6-7,12-13H2,1-3H3,(H,21,25)(H,22,26)(H,27,28)/t14-,17?/m1/s1. The Bertz CT molecular complexity index is 779. The maximum Gasteiger partial charge on any atom is 0.327 e. The van der Waals surface area contributed by atoms with Crippen LogP contribution in [0.15, 0.2) is 48.1 Å². The number of hydrogen-bond acceptors (Lipinski definition) is 7. The zero-order chi connectivity index (χ0) is 22.1. The minimum absolute atomic E-state index is 0.0697. The predicted octanol–water partition coefficient (Wildman–Crippen LogP) is 1.91. The number of hydrogen-bond donors (Lipinski definition) is 3. The van der Waals surface area contributed by atoms with Crippen LogP contribution in [0.3, 0.4) is 0 Å². The Labute approximate surface area is 184 Å². The third-order valence-corrected chi connectivity index (χ3v) is 6.86. The quantitative estimate of drug-likeness (QED) is 0.341. The van der Waals surface area contributed by atoms with Crippen molar-refractivity contribution in [1.29, 1.82) is 0 Å². The van der Waals surface area contributed by atoms with Gasteiger partial charge in [-0.3, -0.25) is 9.59 Å². The Kier molecular flexibility index (Phi) is 9.38. The topological polar surface area (TPSA) is 102 Å². The van der Waals surface area contributed by atoms with Gasteiger partial charge in [0.1, 0.15) is 6.04 Å². The van der Waals surface area contributed by atoms with Gasteiger partial charge in [0.2, 0.25) is 11.8 Å². The van der Waals surface area contributed by atoms with Crippen LogP contribution in [0.1, 0.15) is 19.8 Å². The summed E-state index contributed by atoms with van der Waals surface area (Å²) in [5, 5.41) is 14.9. The van der Waals surface area contributed by atoms with Crippen molar-refractivity contribution in [3.8, 4) is 0 Å². The van der Waals surface area contributed by atoms with Crippen LogP contribution in [-0.4, -0.2) is 70.4 Å². The lowest BCUT2D eigenvalue weighted by atomic mass is 10.1. The number of aliphatic carboxylic acids is 1. The van der Waals surface area contributed by atoms with E-state index >= 15 is 0 Å². The van der Waals surface area contributed by atoms with Crippen molar-refractivity contribution in [2.45, 2.75) is 31.8 Å². The van der Waals surface area contributed by atoms with Gasteiger partial charge in [-0.15, -0.1) is 0 Å². The molecule has 2 atom stereocenters. The number of carbonyl (C=O) groups is 3. The summed E-state index contributed by atoms with van der Waals surface area (Å²) < 4.78 is 0. The molecule has 0 radical (unpaired) electrons. The summed E-state index contributed by atoms with van der Waals surface area (Å²) in [7, 11) is 6.51. The van der Waals surface area contributed by atoms with Gasteiger partial charge in [-0.25, -0.2) is 4.79 Å². The van der Waals surface area contributed by atoms with Gasteiger partial charge in [0.15, 0.2) is 0 Å². The lowest BCUT2D eigenvalue weighted by Gasteiger charge is -2.20. The second-order valence-corrected chi connectivity index (χ2v) is 9.68. The van der Waals surface area contributed by atoms with E-state index in [1.807, 2.05) is 50.5 Å². The smallest absolute Gasteiger partial charge is 0.327 e. The van der Waals surface area contributed by atoms with E-state index in [0.29, 0.717) is 29.7 Å². The van der Waals surface area contributed by atoms with E-state index in [1.165, 1.54) is 21.6 Å². The van der Waals surface area contributed by atoms with Gasteiger partial charge >= 0.3 is 5.97 Å². The number of carbonyl (C=O) groups excluding carboxylic acids is 2. The van der Waals surface area contributed by atoms with Gasteiger partial charge < -0.3 is 25.5 Å². The second-order valence-electron chi connectivity index (χ2n) is 7.13. The van der Waals surface area contributed by atoms with E-state index in [2.05, 4.69) is 10.6 Å². The van der Waals surface area contributed by atoms with E-state index in [-0.39, 0.29) is 23.6 Å². The van der Waals surface area contributed by atoms with Crippen molar-refractivity contribution >= 4 is 39.4 Å². The molecule has 0 aromatic carbocycles. The lowest BCUT2D eigenvalue weighted by molar-refractivity contribution is -0.140. The summed E-state index contributed by atoms with van der Waals surface area (Å²) in [5.41, 5.74) is 1.23. The molecule has 1 unspecified atom stereocenters. The molecule has 2 heterocycles. The molecule has 3 N–H and O–H groups in total. The fourth-order valence-corrected chi connectivity index (χ4v) is 5.17. The van der Waals surface area contributed by atoms with Gasteiger partial charge in [-0.2, -0.15) is 0 Å². The van der Waals surface area contributed by atoms with Gasteiger partial charge in [-0.1, -0.05) is 33.7 Å². The average molecular weight is 453 g/mol. The highest BCUT2D eigenvalue weighted by molar-refractivity contribution is 8.76. The molecule has 0 spiro atoms. The summed E-state index contributed by atoms with van der Waals surface area (Å²) in [6.45, 7) is 1.91. The average Bonchev–Trinajstić information content (AvgIpc) is 2.69. The third kappa shape index (κ3) is 7.83. The largest absolute Gasteiger partial charge is 0.480 e. The predicted molar refractivity (Wildman–Crippen MR) is 121 cm³/mol. The molecule has 8 nitrogen and oxygen atoms in total. The maximum absolute atomic E-state index is 12.3. The molecular formula is C20H28N4O4S2. The highest BCUT2D eigenvalue weighted by atomic mass is 33.1. The van der Waals surface area contributed by atoms with Crippen LogP contribution >= 0.6 is 21.6 Å². The Hall–Kier alpha value is -2.33. The molecule has 10 heteroatoms. The highest BCUT2D eigenvalue weighted by Gasteiger charge is 2.23. The normalized spacial score (nSPS) is 17.7. The fourth-order valence-electron chi connectivity index (χ4n) is 2.73. The second kappa shape index (κ2) is 11.8. The number of nitrogens with one attached hydrogen (secondary N) is 2. The molecule has 0 saturated carbocycles. The molecule has 2 amide bonds. The Balaban J connectivity index is 1.72. The molecule has 2 aliphatic heterocycles. The van der Waals surface area contributed by atoms with E-state index in [9.17, 15) is 19.5 Å². The summed E-state index contributed by atoms with van der Waals surface area (Å²) in [4.78, 5) is 39.7. The molecule has 30 heavy (non-hydrogen) atoms. The van der Waals surface area contributed by atoms with Crippen LogP contribution in [0.2, 0.25) is 0 Å². The first-order valence-corrected chi connectivity index (χ1v) is 12.0. The van der Waals surface area contributed by atoms with Crippen LogP contribution in [0, 0.1) is 0 Å². The van der Waals surface area contributed by atoms with Crippen LogP contribution in [0.25, 0.3) is 0 Å². The summed E-state index contributed by atoms with van der Waals surface area (Å²) in [6, 6.07) is -1.05. The number of carboxylic acids is 1. The van der Waals surface area contributed by atoms with Crippen molar-refractivity contribution < 1.29 is 19.5 Å². The van der Waals surface area contributed by atoms with Gasteiger partial charge in [0.05, 0.1) is 0 Å². The fraction of sp³-hybridized carbons (Fsp3) is 0.450. The zero-order valence-electron chi connectivity index (χ0n) is 17.3. The molecule has 2 rings (SSSR count). The Morgan fingerprint density at radius 1 is 0.967 bits per heavy atom. The number of amides is 2. The van der Waals surface area contributed by atoms with Gasteiger partial charge in [0.25, 0.3) is 0 Å². The maximum atomic E-state index is 12.3. The number of allylic oxidation sites excluding steroid dienone is 2. The molecule has 164 valence electrons. The van der Waals surface area contributed by atoms with Crippen molar-refractivity contribution in [3.05, 3.63) is 48.1 Å². The molecule has 2 aliphatic rings. The minimum atomic E-state index is -1.07. The molecule has 0 fully saturated rings. The Morgan fingerprint density at radius 2 is 1.47 bits per heavy atom. The minimum Gasteiger partial charge on any atom is -0.480 e. The first kappa shape index (κ1) is 23.9. The lowest BCUT2D eigenvalue weighted by Crippen LogP contribution is -2.43. The zero-order valence-corrected chi connectivity index (χ0v) is 19.0. The summed E-state index contributed by atoms with van der Waals surface area (Å²) in [5.74, 6) is -0.688. The molecule has 0 saturated heterocycles. The van der Waals surface area contributed by atoms with E-state index in [0.717, 1.165) is 0 Å². The molecule has 0 bridgehead atoms. The van der Waals surface area contributed by atoms with E-state index in [1.54, 1.807) is 17.3 Å². The Morgan fingerprint density at radius 3 is 1.97 bits per heavy atom. The molecular weight excluding hydrogens is 424 g/mol. The van der Waals surface area contributed by atoms with Crippen LogP contribution < -0.4 is 10.6 Å². The highest BCUT2D eigenvalue weighted by Crippen LogP contribution is 2.23. The number of rotatable bonds is 10. The number of carboxylic acid groups (broad SMARTS) is 1.